The first-order chi connectivity index (χ1) is 16.0. The lowest BCUT2D eigenvalue weighted by Crippen LogP contribution is -2.13. The number of fused-ring (bicyclic) bond motifs is 1. The lowest BCUT2D eigenvalue weighted by Gasteiger charge is -2.28. The van der Waals surface area contributed by atoms with Crippen molar-refractivity contribution in [3.63, 3.8) is 0 Å². The maximum Gasteiger partial charge on any atom is 0.169 e. The van der Waals surface area contributed by atoms with Gasteiger partial charge in [-0.2, -0.15) is 0 Å². The van der Waals surface area contributed by atoms with Gasteiger partial charge in [-0.3, -0.25) is 0 Å². The van der Waals surface area contributed by atoms with E-state index in [4.69, 9.17) is 0 Å². The van der Waals surface area contributed by atoms with E-state index >= 15 is 4.39 Å². The topological polar surface area (TPSA) is 0 Å². The lowest BCUT2D eigenvalue weighted by atomic mass is 9.77. The first-order valence-corrected chi connectivity index (χ1v) is 12.3. The van der Waals surface area contributed by atoms with Crippen LogP contribution in [0.3, 0.4) is 0 Å². The van der Waals surface area contributed by atoms with Gasteiger partial charge in [-0.15, -0.1) is 0 Å². The molecule has 174 valence electrons. The summed E-state index contributed by atoms with van der Waals surface area (Å²) in [4.78, 5) is 0. The number of halogens is 3. The van der Waals surface area contributed by atoms with Crippen molar-refractivity contribution in [1.82, 2.24) is 0 Å². The molecular formula is C30H33F3. The molecule has 3 heteroatoms. The second-order valence-corrected chi connectivity index (χ2v) is 9.42. The molecule has 0 N–H and O–H groups in total. The Morgan fingerprint density at radius 1 is 0.879 bits per heavy atom. The van der Waals surface area contributed by atoms with Gasteiger partial charge >= 0.3 is 0 Å². The van der Waals surface area contributed by atoms with Crippen molar-refractivity contribution < 1.29 is 13.2 Å². The third-order valence-corrected chi connectivity index (χ3v) is 7.23. The number of allylic oxidation sites excluding steroid dienone is 2. The van der Waals surface area contributed by atoms with Gasteiger partial charge in [0.15, 0.2) is 11.6 Å². The molecule has 3 aromatic rings. The third-order valence-electron chi connectivity index (χ3n) is 7.23. The number of aryl methyl sites for hydroxylation is 1. The highest BCUT2D eigenvalue weighted by Gasteiger charge is 2.23. The van der Waals surface area contributed by atoms with Crippen LogP contribution in [0.5, 0.6) is 0 Å². The Kier molecular flexibility index (Phi) is 7.57. The maximum atomic E-state index is 15.3. The zero-order valence-electron chi connectivity index (χ0n) is 19.6. The number of hydrogen-bond acceptors (Lipinski definition) is 0. The summed E-state index contributed by atoms with van der Waals surface area (Å²) in [6, 6.07) is 12.9. The summed E-state index contributed by atoms with van der Waals surface area (Å²) in [5.41, 5.74) is 2.59. The number of rotatable bonds is 7. The normalized spacial score (nSPS) is 18.9. The average molecular weight is 451 g/mol. The van der Waals surface area contributed by atoms with Crippen LogP contribution in [0, 0.1) is 23.4 Å². The van der Waals surface area contributed by atoms with Crippen LogP contribution in [0.4, 0.5) is 13.2 Å². The van der Waals surface area contributed by atoms with Crippen LogP contribution in [0.2, 0.25) is 0 Å². The van der Waals surface area contributed by atoms with Crippen LogP contribution < -0.4 is 0 Å². The molecule has 1 fully saturated rings. The molecular weight excluding hydrogens is 417 g/mol. The van der Waals surface area contributed by atoms with E-state index in [9.17, 15) is 8.78 Å². The summed E-state index contributed by atoms with van der Waals surface area (Å²) < 4.78 is 44.5. The van der Waals surface area contributed by atoms with E-state index in [1.807, 2.05) is 19.1 Å². The van der Waals surface area contributed by atoms with Crippen molar-refractivity contribution in [2.24, 2.45) is 5.92 Å². The molecule has 4 rings (SSSR count). The summed E-state index contributed by atoms with van der Waals surface area (Å²) in [5, 5.41) is 0.145. The fourth-order valence-electron chi connectivity index (χ4n) is 5.33. The number of benzene rings is 3. The van der Waals surface area contributed by atoms with Crippen molar-refractivity contribution >= 4 is 10.8 Å². The molecule has 0 spiro atoms. The molecule has 1 aliphatic carbocycles. The quantitative estimate of drug-likeness (QED) is 0.314. The Balaban J connectivity index is 1.53. The maximum absolute atomic E-state index is 15.3. The summed E-state index contributed by atoms with van der Waals surface area (Å²) >= 11 is 0. The smallest absolute Gasteiger partial charge is 0.169 e. The molecule has 0 bridgehead atoms. The molecule has 0 aliphatic heterocycles. The predicted molar refractivity (Wildman–Crippen MR) is 132 cm³/mol. The first-order valence-electron chi connectivity index (χ1n) is 12.3. The summed E-state index contributed by atoms with van der Waals surface area (Å²) in [6.07, 6.45) is 12.8. The van der Waals surface area contributed by atoms with Gasteiger partial charge in [0.25, 0.3) is 0 Å². The molecule has 3 aromatic carbocycles. The Hall–Kier alpha value is -2.55. The number of hydrogen-bond donors (Lipinski definition) is 0. The minimum atomic E-state index is -1.09. The molecule has 0 radical (unpaired) electrons. The minimum absolute atomic E-state index is 0.259. The average Bonchev–Trinajstić information content (AvgIpc) is 2.83. The van der Waals surface area contributed by atoms with Crippen LogP contribution in [-0.2, 0) is 6.42 Å². The molecule has 0 nitrogen and oxygen atoms in total. The molecule has 0 amide bonds. The molecule has 0 atom stereocenters. The van der Waals surface area contributed by atoms with E-state index in [-0.39, 0.29) is 5.39 Å². The van der Waals surface area contributed by atoms with Gasteiger partial charge in [-0.05, 0) is 91.8 Å². The first kappa shape index (κ1) is 23.6. The molecule has 0 heterocycles. The fraction of sp³-hybridized carbons (Fsp3) is 0.400. The van der Waals surface area contributed by atoms with Gasteiger partial charge in [0.05, 0.1) is 5.39 Å². The standard InChI is InChI=1S/C30H33F3/c1-3-5-6-8-20-9-11-21(12-10-20)22-13-15-23(16-14-22)26-18-17-24-19-25(7-4-2)28(31)30(33)27(24)29(26)32/h3,5,13-21H,4,6-12H2,1-2H3/b5-3+. The minimum Gasteiger partial charge on any atom is -0.206 e. The van der Waals surface area contributed by atoms with Crippen molar-refractivity contribution in [1.29, 1.82) is 0 Å². The van der Waals surface area contributed by atoms with Crippen LogP contribution in [-0.4, -0.2) is 0 Å². The lowest BCUT2D eigenvalue weighted by molar-refractivity contribution is 0.312. The van der Waals surface area contributed by atoms with E-state index in [1.54, 1.807) is 18.2 Å². The third kappa shape index (κ3) is 5.03. The second-order valence-electron chi connectivity index (χ2n) is 9.42. The van der Waals surface area contributed by atoms with Crippen LogP contribution in [0.15, 0.2) is 54.6 Å². The molecule has 1 saturated carbocycles. The van der Waals surface area contributed by atoms with Crippen molar-refractivity contribution in [3.8, 4) is 11.1 Å². The second kappa shape index (κ2) is 10.6. The van der Waals surface area contributed by atoms with Crippen LogP contribution >= 0.6 is 0 Å². The summed E-state index contributed by atoms with van der Waals surface area (Å²) in [5.74, 6) is -1.35. The SMILES string of the molecule is C/C=C/CCC1CCC(c2ccc(-c3ccc4cc(CCC)c(F)c(F)c4c3F)cc2)CC1. The highest BCUT2D eigenvalue weighted by atomic mass is 19.2. The molecule has 0 aromatic heterocycles. The van der Waals surface area contributed by atoms with E-state index in [0.717, 1.165) is 5.92 Å². The van der Waals surface area contributed by atoms with Gasteiger partial charge in [0.2, 0.25) is 0 Å². The molecule has 33 heavy (non-hydrogen) atoms. The largest absolute Gasteiger partial charge is 0.206 e. The zero-order valence-corrected chi connectivity index (χ0v) is 19.6. The highest BCUT2D eigenvalue weighted by molar-refractivity contribution is 5.89. The summed E-state index contributed by atoms with van der Waals surface area (Å²) in [6.45, 7) is 3.98. The predicted octanol–water partition coefficient (Wildman–Crippen LogP) is 9.51. The van der Waals surface area contributed by atoms with Gasteiger partial charge in [-0.1, -0.05) is 61.9 Å². The van der Waals surface area contributed by atoms with Crippen molar-refractivity contribution in [2.45, 2.75) is 71.1 Å². The highest BCUT2D eigenvalue weighted by Crippen LogP contribution is 2.39. The van der Waals surface area contributed by atoms with Gasteiger partial charge < -0.3 is 0 Å². The van der Waals surface area contributed by atoms with Crippen LogP contribution in [0.25, 0.3) is 21.9 Å². The Labute approximate surface area is 195 Å². The van der Waals surface area contributed by atoms with E-state index < -0.39 is 17.5 Å². The molecule has 1 aliphatic rings. The van der Waals surface area contributed by atoms with E-state index in [1.165, 1.54) is 44.1 Å². The van der Waals surface area contributed by atoms with Crippen LogP contribution in [0.1, 0.15) is 75.8 Å². The molecule has 0 unspecified atom stereocenters. The Morgan fingerprint density at radius 3 is 2.27 bits per heavy atom. The van der Waals surface area contributed by atoms with Gasteiger partial charge in [0.1, 0.15) is 5.82 Å². The van der Waals surface area contributed by atoms with Gasteiger partial charge in [0, 0.05) is 5.56 Å². The monoisotopic (exact) mass is 450 g/mol. The Morgan fingerprint density at radius 2 is 1.61 bits per heavy atom. The van der Waals surface area contributed by atoms with Crippen molar-refractivity contribution in [3.05, 3.63) is 83.2 Å². The molecule has 0 saturated heterocycles. The summed E-state index contributed by atoms with van der Waals surface area (Å²) in [7, 11) is 0. The zero-order chi connectivity index (χ0) is 23.4. The van der Waals surface area contributed by atoms with E-state index in [2.05, 4.69) is 31.2 Å². The van der Waals surface area contributed by atoms with Gasteiger partial charge in [-0.25, -0.2) is 13.2 Å². The fourth-order valence-corrected chi connectivity index (χ4v) is 5.33. The Bertz CT molecular complexity index is 1120. The van der Waals surface area contributed by atoms with Crippen molar-refractivity contribution in [2.75, 3.05) is 0 Å². The van der Waals surface area contributed by atoms with E-state index in [0.29, 0.717) is 40.8 Å².